The van der Waals surface area contributed by atoms with Gasteiger partial charge in [-0.25, -0.2) is 0 Å². The summed E-state index contributed by atoms with van der Waals surface area (Å²) in [5.74, 6) is -0.859. The Morgan fingerprint density at radius 3 is 1.34 bits per heavy atom. The summed E-state index contributed by atoms with van der Waals surface area (Å²) in [5, 5.41) is 11.8. The van der Waals surface area contributed by atoms with Gasteiger partial charge in [0.1, 0.15) is 0 Å². The zero-order valence-electron chi connectivity index (χ0n) is 20.5. The average Bonchev–Trinajstić information content (AvgIpc) is 2.68. The van der Waals surface area contributed by atoms with Crippen LogP contribution in [0.25, 0.3) is 0 Å². The molecule has 0 saturated heterocycles. The average molecular weight is 404 g/mol. The number of carboxylic acid groups (broad SMARTS) is 1. The van der Waals surface area contributed by atoms with Crippen molar-refractivity contribution in [3.63, 3.8) is 0 Å². The van der Waals surface area contributed by atoms with E-state index < -0.39 is 5.97 Å². The summed E-state index contributed by atoms with van der Waals surface area (Å²) in [7, 11) is 0. The molecule has 4 heteroatoms. The first-order valence-electron chi connectivity index (χ1n) is 12.6. The normalized spacial score (nSPS) is 12.1. The Labute approximate surface area is 195 Å². The number of carbonyl (C=O) groups excluding carboxylic acids is 1. The summed E-state index contributed by atoms with van der Waals surface area (Å²) in [4.78, 5) is 14.0. The number of aliphatic carboxylic acids is 1. The third-order valence-electron chi connectivity index (χ3n) is 5.89. The van der Waals surface area contributed by atoms with E-state index in [1.165, 1.54) is 77.0 Å². The first kappa shape index (κ1) is 31.2. The molecule has 0 aliphatic rings. The van der Waals surface area contributed by atoms with Crippen molar-refractivity contribution >= 4 is 5.97 Å². The number of carbonyl (C=O) groups is 1. The maximum absolute atomic E-state index is 11.8. The van der Waals surface area contributed by atoms with Gasteiger partial charge in [-0.15, -0.1) is 0 Å². The molecular weight excluding hydrogens is 353 g/mol. The van der Waals surface area contributed by atoms with Gasteiger partial charge in [-0.3, -0.25) is 4.90 Å². The second-order valence-corrected chi connectivity index (χ2v) is 8.61. The van der Waals surface area contributed by atoms with E-state index in [4.69, 9.17) is 0 Å². The van der Waals surface area contributed by atoms with E-state index in [0.29, 0.717) is 0 Å². The molecule has 0 heterocycles. The SMILES string of the molecule is CCCCCCCCCN(CCCCCCCCC)C(CCCCC)C(=O)[O-].[Li+]. The molecule has 0 fully saturated rings. The topological polar surface area (TPSA) is 43.4 Å². The Morgan fingerprint density at radius 2 is 0.966 bits per heavy atom. The van der Waals surface area contributed by atoms with Crippen LogP contribution in [0.3, 0.4) is 0 Å². The molecule has 0 spiro atoms. The molecule has 0 aliphatic carbocycles. The molecule has 0 aromatic rings. The van der Waals surface area contributed by atoms with Gasteiger partial charge in [-0.1, -0.05) is 117 Å². The van der Waals surface area contributed by atoms with Gasteiger partial charge in [0.2, 0.25) is 0 Å². The van der Waals surface area contributed by atoms with Gasteiger partial charge in [-0.05, 0) is 32.4 Å². The molecule has 0 radical (unpaired) electrons. The van der Waals surface area contributed by atoms with Crippen LogP contribution in [0.5, 0.6) is 0 Å². The fraction of sp³-hybridized carbons (Fsp3) is 0.960. The van der Waals surface area contributed by atoms with Crippen molar-refractivity contribution < 1.29 is 28.8 Å². The molecule has 0 aromatic carbocycles. The number of rotatable bonds is 22. The molecule has 29 heavy (non-hydrogen) atoms. The minimum Gasteiger partial charge on any atom is -0.548 e. The van der Waals surface area contributed by atoms with E-state index in [-0.39, 0.29) is 24.9 Å². The van der Waals surface area contributed by atoms with Crippen molar-refractivity contribution in [2.45, 2.75) is 142 Å². The Kier molecular flexibility index (Phi) is 26.2. The van der Waals surface area contributed by atoms with Gasteiger partial charge < -0.3 is 9.90 Å². The van der Waals surface area contributed by atoms with Crippen LogP contribution in [0.15, 0.2) is 0 Å². The van der Waals surface area contributed by atoms with Crippen LogP contribution in [0.4, 0.5) is 0 Å². The van der Waals surface area contributed by atoms with Crippen LogP contribution in [0, 0.1) is 0 Å². The molecule has 168 valence electrons. The third kappa shape index (κ3) is 19.7. The van der Waals surface area contributed by atoms with Gasteiger partial charge in [0.15, 0.2) is 0 Å². The molecule has 0 N–H and O–H groups in total. The number of hydrogen-bond donors (Lipinski definition) is 0. The van der Waals surface area contributed by atoms with Crippen LogP contribution < -0.4 is 24.0 Å². The van der Waals surface area contributed by atoms with Gasteiger partial charge in [-0.2, -0.15) is 0 Å². The van der Waals surface area contributed by atoms with E-state index in [1.807, 2.05) is 0 Å². The molecule has 1 atom stereocenters. The Balaban J connectivity index is 0. The van der Waals surface area contributed by atoms with Crippen molar-refractivity contribution in [3.05, 3.63) is 0 Å². The fourth-order valence-electron chi connectivity index (χ4n) is 4.00. The van der Waals surface area contributed by atoms with Crippen molar-refractivity contribution in [1.29, 1.82) is 0 Å². The first-order valence-corrected chi connectivity index (χ1v) is 12.6. The quantitative estimate of drug-likeness (QED) is 0.205. The number of unbranched alkanes of at least 4 members (excludes halogenated alkanes) is 14. The second-order valence-electron chi connectivity index (χ2n) is 8.61. The van der Waals surface area contributed by atoms with Crippen LogP contribution in [-0.4, -0.2) is 30.0 Å². The molecule has 3 nitrogen and oxygen atoms in total. The largest absolute Gasteiger partial charge is 1.00 e. The zero-order valence-corrected chi connectivity index (χ0v) is 20.5. The van der Waals surface area contributed by atoms with Crippen molar-refractivity contribution in [1.82, 2.24) is 4.90 Å². The minimum absolute atomic E-state index is 0. The molecular formula is C25H50LiNO2. The smallest absolute Gasteiger partial charge is 0.548 e. The summed E-state index contributed by atoms with van der Waals surface area (Å²) in [6.45, 7) is 8.52. The van der Waals surface area contributed by atoms with Gasteiger partial charge in [0, 0.05) is 6.04 Å². The van der Waals surface area contributed by atoms with Crippen LogP contribution >= 0.6 is 0 Å². The summed E-state index contributed by atoms with van der Waals surface area (Å²) < 4.78 is 0. The van der Waals surface area contributed by atoms with E-state index in [1.54, 1.807) is 0 Å². The number of carboxylic acids is 1. The monoisotopic (exact) mass is 403 g/mol. The predicted molar refractivity (Wildman–Crippen MR) is 120 cm³/mol. The summed E-state index contributed by atoms with van der Waals surface area (Å²) in [5.41, 5.74) is 0. The summed E-state index contributed by atoms with van der Waals surface area (Å²) >= 11 is 0. The van der Waals surface area contributed by atoms with E-state index >= 15 is 0 Å². The molecule has 0 saturated carbocycles. The molecule has 0 aromatic heterocycles. The summed E-state index contributed by atoms with van der Waals surface area (Å²) in [6.07, 6.45) is 21.9. The maximum atomic E-state index is 11.8. The van der Waals surface area contributed by atoms with Crippen LogP contribution in [0.1, 0.15) is 136 Å². The van der Waals surface area contributed by atoms with E-state index in [0.717, 1.165) is 51.6 Å². The van der Waals surface area contributed by atoms with Crippen LogP contribution in [-0.2, 0) is 4.79 Å². The number of nitrogens with zero attached hydrogens (tertiary/aromatic N) is 1. The maximum Gasteiger partial charge on any atom is 1.00 e. The fourth-order valence-corrected chi connectivity index (χ4v) is 4.00. The van der Waals surface area contributed by atoms with Gasteiger partial charge in [0.25, 0.3) is 0 Å². The summed E-state index contributed by atoms with van der Waals surface area (Å²) in [6, 6.07) is -0.383. The van der Waals surface area contributed by atoms with E-state index in [9.17, 15) is 9.90 Å². The van der Waals surface area contributed by atoms with Gasteiger partial charge in [0.05, 0.1) is 5.97 Å². The molecule has 0 rings (SSSR count). The van der Waals surface area contributed by atoms with Gasteiger partial charge >= 0.3 is 18.9 Å². The first-order chi connectivity index (χ1) is 13.7. The Bertz CT molecular complexity index is 321. The molecule has 1 unspecified atom stereocenters. The van der Waals surface area contributed by atoms with Crippen molar-refractivity contribution in [3.8, 4) is 0 Å². The standard InChI is InChI=1S/C25H51NO2.Li/c1-4-7-10-12-14-16-19-22-26(23-20-17-15-13-11-8-5-2)24(25(27)28)21-18-9-6-3;/h24H,4-23H2,1-3H3,(H,27,28);/q;+1/p-1. The Morgan fingerprint density at radius 1 is 0.621 bits per heavy atom. The molecule has 0 amide bonds. The zero-order chi connectivity index (χ0) is 20.9. The van der Waals surface area contributed by atoms with Crippen molar-refractivity contribution in [2.75, 3.05) is 13.1 Å². The molecule has 0 aliphatic heterocycles. The minimum atomic E-state index is -0.859. The molecule has 0 bridgehead atoms. The predicted octanol–water partition coefficient (Wildman–Crippen LogP) is 3.49. The van der Waals surface area contributed by atoms with E-state index in [2.05, 4.69) is 25.7 Å². The van der Waals surface area contributed by atoms with Crippen LogP contribution in [0.2, 0.25) is 0 Å². The number of hydrogen-bond acceptors (Lipinski definition) is 3. The third-order valence-corrected chi connectivity index (χ3v) is 5.89. The van der Waals surface area contributed by atoms with Crippen molar-refractivity contribution in [2.24, 2.45) is 0 Å². The Hall–Kier alpha value is 0.0274. The second kappa shape index (κ2) is 24.3.